The Bertz CT molecular complexity index is 821. The fraction of sp³-hybridized carbons (Fsp3) is 0.263. The quantitative estimate of drug-likeness (QED) is 0.821. The third kappa shape index (κ3) is 3.72. The number of hydrogen-bond acceptors (Lipinski definition) is 5. The molecule has 2 N–H and O–H groups in total. The molecule has 0 saturated heterocycles. The zero-order chi connectivity index (χ0) is 18.5. The maximum absolute atomic E-state index is 12.3. The van der Waals surface area contributed by atoms with Gasteiger partial charge >= 0.3 is 11.8 Å². The third-order valence-corrected chi connectivity index (χ3v) is 4.11. The Morgan fingerprint density at radius 2 is 1.81 bits per heavy atom. The molecule has 0 bridgehead atoms. The molecular formula is C19H20N2O5. The Kier molecular flexibility index (Phi) is 5.26. The van der Waals surface area contributed by atoms with Crippen LogP contribution in [0.5, 0.6) is 17.2 Å². The van der Waals surface area contributed by atoms with E-state index in [4.69, 9.17) is 14.2 Å². The molecule has 0 aromatic heterocycles. The summed E-state index contributed by atoms with van der Waals surface area (Å²) in [5.41, 5.74) is 1.31. The highest BCUT2D eigenvalue weighted by atomic mass is 16.5. The number of carbonyl (C=O) groups excluding carboxylic acids is 2. The molecule has 3 rings (SSSR count). The van der Waals surface area contributed by atoms with Crippen LogP contribution in [0.25, 0.3) is 0 Å². The molecule has 1 heterocycles. The second-order valence-corrected chi connectivity index (χ2v) is 5.72. The van der Waals surface area contributed by atoms with Crippen LogP contribution in [0, 0.1) is 0 Å². The minimum absolute atomic E-state index is 0.261. The van der Waals surface area contributed by atoms with Gasteiger partial charge in [0.15, 0.2) is 11.5 Å². The van der Waals surface area contributed by atoms with E-state index in [-0.39, 0.29) is 6.04 Å². The number of amides is 2. The molecular weight excluding hydrogens is 336 g/mol. The van der Waals surface area contributed by atoms with Crippen molar-refractivity contribution in [2.45, 2.75) is 12.5 Å². The van der Waals surface area contributed by atoms with Crippen LogP contribution in [-0.4, -0.2) is 32.6 Å². The Morgan fingerprint density at radius 3 is 2.58 bits per heavy atom. The summed E-state index contributed by atoms with van der Waals surface area (Å²) in [6, 6.07) is 12.1. The number of hydrogen-bond donors (Lipinski definition) is 2. The fourth-order valence-corrected chi connectivity index (χ4v) is 2.82. The van der Waals surface area contributed by atoms with Gasteiger partial charge in [0, 0.05) is 23.7 Å². The van der Waals surface area contributed by atoms with Gasteiger partial charge in [-0.2, -0.15) is 0 Å². The topological polar surface area (TPSA) is 85.9 Å². The Labute approximate surface area is 151 Å². The summed E-state index contributed by atoms with van der Waals surface area (Å²) in [5.74, 6) is 0.268. The van der Waals surface area contributed by atoms with Crippen molar-refractivity contribution in [3.8, 4) is 17.2 Å². The van der Waals surface area contributed by atoms with E-state index in [1.165, 1.54) is 14.2 Å². The standard InChI is InChI=1S/C19H20N2O5/c1-24-16-8-7-12(11-17(16)25-2)20-18(22)19(23)21-14-9-10-26-15-6-4-3-5-13(14)15/h3-8,11,14H,9-10H2,1-2H3,(H,20,22)(H,21,23). The van der Waals surface area contributed by atoms with Crippen LogP contribution >= 0.6 is 0 Å². The molecule has 1 aliphatic rings. The molecule has 7 nitrogen and oxygen atoms in total. The van der Waals surface area contributed by atoms with Gasteiger partial charge in [0.2, 0.25) is 0 Å². The second-order valence-electron chi connectivity index (χ2n) is 5.72. The first-order valence-electron chi connectivity index (χ1n) is 8.18. The van der Waals surface area contributed by atoms with E-state index in [0.29, 0.717) is 30.2 Å². The molecule has 136 valence electrons. The molecule has 1 unspecified atom stereocenters. The fourth-order valence-electron chi connectivity index (χ4n) is 2.82. The summed E-state index contributed by atoms with van der Waals surface area (Å²) in [5, 5.41) is 5.32. The number of fused-ring (bicyclic) bond motifs is 1. The number of ether oxygens (including phenoxy) is 3. The van der Waals surface area contributed by atoms with Crippen molar-refractivity contribution in [2.24, 2.45) is 0 Å². The summed E-state index contributed by atoms with van der Waals surface area (Å²) >= 11 is 0. The Morgan fingerprint density at radius 1 is 1.04 bits per heavy atom. The number of methoxy groups -OCH3 is 2. The number of benzene rings is 2. The normalized spacial score (nSPS) is 15.2. The zero-order valence-electron chi connectivity index (χ0n) is 14.6. The Balaban J connectivity index is 1.67. The van der Waals surface area contributed by atoms with Gasteiger partial charge in [-0.3, -0.25) is 9.59 Å². The second kappa shape index (κ2) is 7.77. The van der Waals surface area contributed by atoms with Crippen molar-refractivity contribution >= 4 is 17.5 Å². The van der Waals surface area contributed by atoms with Crippen LogP contribution in [0.3, 0.4) is 0 Å². The van der Waals surface area contributed by atoms with Crippen molar-refractivity contribution in [2.75, 3.05) is 26.1 Å². The monoisotopic (exact) mass is 356 g/mol. The SMILES string of the molecule is COc1ccc(NC(=O)C(=O)NC2CCOc3ccccc32)cc1OC. The molecule has 2 aromatic rings. The average molecular weight is 356 g/mol. The van der Waals surface area contributed by atoms with Crippen molar-refractivity contribution < 1.29 is 23.8 Å². The number of carbonyl (C=O) groups is 2. The largest absolute Gasteiger partial charge is 0.493 e. The van der Waals surface area contributed by atoms with Crippen molar-refractivity contribution in [3.63, 3.8) is 0 Å². The first-order chi connectivity index (χ1) is 12.6. The summed E-state index contributed by atoms with van der Waals surface area (Å²) in [6.45, 7) is 0.485. The summed E-state index contributed by atoms with van der Waals surface area (Å²) in [4.78, 5) is 24.5. The lowest BCUT2D eigenvalue weighted by molar-refractivity contribution is -0.136. The molecule has 7 heteroatoms. The van der Waals surface area contributed by atoms with Gasteiger partial charge in [0.05, 0.1) is 26.9 Å². The maximum atomic E-state index is 12.3. The lowest BCUT2D eigenvalue weighted by Gasteiger charge is -2.26. The summed E-state index contributed by atoms with van der Waals surface area (Å²) < 4.78 is 15.9. The first-order valence-corrected chi connectivity index (χ1v) is 8.18. The van der Waals surface area contributed by atoms with Gasteiger partial charge in [-0.15, -0.1) is 0 Å². The molecule has 2 amide bonds. The van der Waals surface area contributed by atoms with E-state index in [0.717, 1.165) is 11.3 Å². The van der Waals surface area contributed by atoms with Crippen LogP contribution in [0.15, 0.2) is 42.5 Å². The Hall–Kier alpha value is -3.22. The van der Waals surface area contributed by atoms with Crippen molar-refractivity contribution in [1.29, 1.82) is 0 Å². The van der Waals surface area contributed by atoms with E-state index in [1.54, 1.807) is 18.2 Å². The minimum atomic E-state index is -0.749. The van der Waals surface area contributed by atoms with Crippen LogP contribution in [-0.2, 0) is 9.59 Å². The minimum Gasteiger partial charge on any atom is -0.493 e. The molecule has 1 atom stereocenters. The van der Waals surface area contributed by atoms with Crippen LogP contribution in [0.4, 0.5) is 5.69 Å². The molecule has 0 fully saturated rings. The van der Waals surface area contributed by atoms with Crippen molar-refractivity contribution in [1.82, 2.24) is 5.32 Å². The van der Waals surface area contributed by atoms with E-state index >= 15 is 0 Å². The van der Waals surface area contributed by atoms with E-state index < -0.39 is 11.8 Å². The first kappa shape index (κ1) is 17.6. The predicted molar refractivity (Wildman–Crippen MR) is 95.6 cm³/mol. The molecule has 0 radical (unpaired) electrons. The maximum Gasteiger partial charge on any atom is 0.313 e. The molecule has 26 heavy (non-hydrogen) atoms. The average Bonchev–Trinajstić information content (AvgIpc) is 2.68. The molecule has 2 aromatic carbocycles. The van der Waals surface area contributed by atoms with Crippen LogP contribution in [0.2, 0.25) is 0 Å². The number of nitrogens with one attached hydrogen (secondary N) is 2. The smallest absolute Gasteiger partial charge is 0.313 e. The van der Waals surface area contributed by atoms with E-state index in [9.17, 15) is 9.59 Å². The van der Waals surface area contributed by atoms with Gasteiger partial charge in [-0.1, -0.05) is 18.2 Å². The van der Waals surface area contributed by atoms with Gasteiger partial charge in [0.1, 0.15) is 5.75 Å². The van der Waals surface area contributed by atoms with Crippen molar-refractivity contribution in [3.05, 3.63) is 48.0 Å². The highest BCUT2D eigenvalue weighted by Crippen LogP contribution is 2.32. The summed E-state index contributed by atoms with van der Waals surface area (Å²) in [6.07, 6.45) is 0.604. The lowest BCUT2D eigenvalue weighted by Crippen LogP contribution is -2.39. The van der Waals surface area contributed by atoms with Gasteiger partial charge in [-0.05, 0) is 18.2 Å². The predicted octanol–water partition coefficient (Wildman–Crippen LogP) is 2.28. The third-order valence-electron chi connectivity index (χ3n) is 4.11. The van der Waals surface area contributed by atoms with Crippen LogP contribution in [0.1, 0.15) is 18.0 Å². The highest BCUT2D eigenvalue weighted by molar-refractivity contribution is 6.39. The number of anilines is 1. The van der Waals surface area contributed by atoms with Gasteiger partial charge in [-0.25, -0.2) is 0 Å². The molecule has 0 saturated carbocycles. The number of para-hydroxylation sites is 1. The molecule has 0 aliphatic carbocycles. The van der Waals surface area contributed by atoms with Gasteiger partial charge < -0.3 is 24.8 Å². The highest BCUT2D eigenvalue weighted by Gasteiger charge is 2.25. The van der Waals surface area contributed by atoms with E-state index in [2.05, 4.69) is 10.6 Å². The van der Waals surface area contributed by atoms with Gasteiger partial charge in [0.25, 0.3) is 0 Å². The number of rotatable bonds is 4. The lowest BCUT2D eigenvalue weighted by atomic mass is 10.0. The summed E-state index contributed by atoms with van der Waals surface area (Å²) in [7, 11) is 3.02. The van der Waals surface area contributed by atoms with Crippen LogP contribution < -0.4 is 24.8 Å². The zero-order valence-corrected chi connectivity index (χ0v) is 14.6. The van der Waals surface area contributed by atoms with E-state index in [1.807, 2.05) is 24.3 Å². The molecule has 0 spiro atoms. The molecule has 1 aliphatic heterocycles.